The molecule has 0 aliphatic carbocycles. The molecule has 9 heteroatoms. The van der Waals surface area contributed by atoms with E-state index >= 15 is 0 Å². The number of nitrogens with one attached hydrogen (secondary N) is 3. The van der Waals surface area contributed by atoms with E-state index in [0.29, 0.717) is 18.0 Å². The molecule has 194 valence electrons. The van der Waals surface area contributed by atoms with Crippen LogP contribution in [0.5, 0.6) is 11.5 Å². The predicted molar refractivity (Wildman–Crippen MR) is 148 cm³/mol. The maximum absolute atomic E-state index is 11.9. The molecule has 0 aliphatic rings. The number of rotatable bonds is 8. The largest absolute Gasteiger partial charge is 0.455 e. The number of benzene rings is 2. The zero-order chi connectivity index (χ0) is 26.9. The second-order valence-electron chi connectivity index (χ2n) is 8.71. The van der Waals surface area contributed by atoms with Crippen molar-refractivity contribution >= 4 is 28.4 Å². The number of carbonyl (C=O) groups is 1. The van der Waals surface area contributed by atoms with Crippen LogP contribution in [0.4, 0.5) is 16.3 Å². The molecular weight excluding hydrogens is 480 g/mol. The molecule has 0 aliphatic heterocycles. The second-order valence-corrected chi connectivity index (χ2v) is 8.71. The summed E-state index contributed by atoms with van der Waals surface area (Å²) in [6.07, 6.45) is 3.87. The van der Waals surface area contributed by atoms with Gasteiger partial charge in [0.05, 0.1) is 30.9 Å². The Balaban J connectivity index is 1.45. The summed E-state index contributed by atoms with van der Waals surface area (Å²) < 4.78 is 5.97. The highest BCUT2D eigenvalue weighted by Gasteiger charge is 2.09. The molecule has 1 unspecified atom stereocenters. The van der Waals surface area contributed by atoms with Crippen molar-refractivity contribution in [3.05, 3.63) is 77.9 Å². The van der Waals surface area contributed by atoms with Crippen molar-refractivity contribution < 1.29 is 14.6 Å². The van der Waals surface area contributed by atoms with E-state index in [1.807, 2.05) is 69.3 Å². The summed E-state index contributed by atoms with van der Waals surface area (Å²) in [6.45, 7) is 5.88. The third kappa shape index (κ3) is 6.96. The molecule has 2 aromatic heterocycles. The summed E-state index contributed by atoms with van der Waals surface area (Å²) in [5, 5.41) is 18.7. The fraction of sp³-hybridized carbons (Fsp3) is 0.241. The molecule has 2 aromatic carbocycles. The van der Waals surface area contributed by atoms with Crippen LogP contribution in [0, 0.1) is 25.7 Å². The molecule has 0 saturated heterocycles. The van der Waals surface area contributed by atoms with Gasteiger partial charge in [-0.05, 0) is 74.4 Å². The Morgan fingerprint density at radius 1 is 1.08 bits per heavy atom. The topological polar surface area (TPSA) is 121 Å². The van der Waals surface area contributed by atoms with Gasteiger partial charge in [-0.25, -0.2) is 14.8 Å². The van der Waals surface area contributed by atoms with Gasteiger partial charge in [-0.2, -0.15) is 0 Å². The smallest absolute Gasteiger partial charge is 0.315 e. The van der Waals surface area contributed by atoms with Crippen LogP contribution in [0.25, 0.3) is 10.9 Å². The first-order valence-corrected chi connectivity index (χ1v) is 12.3. The van der Waals surface area contributed by atoms with E-state index in [-0.39, 0.29) is 25.2 Å². The van der Waals surface area contributed by atoms with E-state index in [1.54, 1.807) is 6.20 Å². The number of carbonyl (C=O) groups excluding carboxylic acids is 1. The minimum Gasteiger partial charge on any atom is -0.455 e. The quantitative estimate of drug-likeness (QED) is 0.256. The predicted octanol–water partition coefficient (Wildman–Crippen LogP) is 4.60. The Morgan fingerprint density at radius 2 is 1.95 bits per heavy atom. The minimum absolute atomic E-state index is 0.103. The average Bonchev–Trinajstić information content (AvgIpc) is 2.92. The molecule has 38 heavy (non-hydrogen) atoms. The number of aliphatic hydroxyl groups excluding tert-OH is 1. The first-order valence-electron chi connectivity index (χ1n) is 12.3. The lowest BCUT2D eigenvalue weighted by molar-refractivity contribution is 0.215. The van der Waals surface area contributed by atoms with Crippen LogP contribution in [-0.4, -0.2) is 45.3 Å². The fourth-order valence-corrected chi connectivity index (χ4v) is 3.64. The van der Waals surface area contributed by atoms with Crippen LogP contribution in [0.1, 0.15) is 30.2 Å². The van der Waals surface area contributed by atoms with Gasteiger partial charge in [-0.15, -0.1) is 0 Å². The lowest BCUT2D eigenvalue weighted by Crippen LogP contribution is -2.43. The third-order valence-corrected chi connectivity index (χ3v) is 5.80. The number of fused-ring (bicyclic) bond motifs is 1. The number of amides is 2. The second kappa shape index (κ2) is 12.5. The van der Waals surface area contributed by atoms with Gasteiger partial charge >= 0.3 is 6.03 Å². The summed E-state index contributed by atoms with van der Waals surface area (Å²) in [4.78, 5) is 25.0. The highest BCUT2D eigenvalue weighted by molar-refractivity contribution is 5.91. The van der Waals surface area contributed by atoms with Gasteiger partial charge in [-0.3, -0.25) is 4.98 Å². The number of hydrogen-bond donors (Lipinski definition) is 4. The third-order valence-electron chi connectivity index (χ3n) is 5.80. The number of urea groups is 1. The summed E-state index contributed by atoms with van der Waals surface area (Å²) in [5.74, 6) is 8.09. The van der Waals surface area contributed by atoms with Crippen molar-refractivity contribution in [1.29, 1.82) is 0 Å². The van der Waals surface area contributed by atoms with Gasteiger partial charge in [0.25, 0.3) is 0 Å². The SMILES string of the molecule is CCC(CO)NC(=O)NCC#Cc1ccc2ncnc(Nc3ccc(Oc4ccc(C)nc4)c(C)c3)c2c1. The monoisotopic (exact) mass is 510 g/mol. The van der Waals surface area contributed by atoms with Crippen LogP contribution in [0.15, 0.2) is 61.1 Å². The zero-order valence-corrected chi connectivity index (χ0v) is 21.6. The number of nitrogens with zero attached hydrogens (tertiary/aromatic N) is 3. The maximum Gasteiger partial charge on any atom is 0.315 e. The standard InChI is InChI=1S/C29H30N6O3/c1-4-22(17-36)35-29(37)30-13-5-6-21-8-11-26-25(15-21)28(33-18-32-26)34-23-9-12-27(19(2)14-23)38-24-10-7-20(3)31-16-24/h7-12,14-16,18,22,36H,4,13,17H2,1-3H3,(H2,30,35,37)(H,32,33,34). The fourth-order valence-electron chi connectivity index (χ4n) is 3.64. The molecule has 0 radical (unpaired) electrons. The molecule has 4 rings (SSSR count). The van der Waals surface area contributed by atoms with E-state index in [4.69, 9.17) is 4.74 Å². The minimum atomic E-state index is -0.360. The van der Waals surface area contributed by atoms with Crippen LogP contribution in [-0.2, 0) is 0 Å². The van der Waals surface area contributed by atoms with Crippen molar-refractivity contribution in [2.75, 3.05) is 18.5 Å². The molecule has 2 amide bonds. The highest BCUT2D eigenvalue weighted by atomic mass is 16.5. The van der Waals surface area contributed by atoms with Gasteiger partial charge in [0.1, 0.15) is 23.6 Å². The number of pyridine rings is 1. The van der Waals surface area contributed by atoms with Gasteiger partial charge in [0.2, 0.25) is 0 Å². The Hall–Kier alpha value is -4.68. The van der Waals surface area contributed by atoms with Crippen molar-refractivity contribution in [3.8, 4) is 23.3 Å². The summed E-state index contributed by atoms with van der Waals surface area (Å²) in [7, 11) is 0. The van der Waals surface area contributed by atoms with E-state index in [2.05, 4.69) is 42.7 Å². The van der Waals surface area contributed by atoms with Gasteiger partial charge in [0.15, 0.2) is 0 Å². The van der Waals surface area contributed by atoms with E-state index in [0.717, 1.165) is 39.2 Å². The average molecular weight is 511 g/mol. The molecule has 0 spiro atoms. The van der Waals surface area contributed by atoms with Crippen LogP contribution >= 0.6 is 0 Å². The van der Waals surface area contributed by atoms with Crippen molar-refractivity contribution in [1.82, 2.24) is 25.6 Å². The molecule has 0 bridgehead atoms. The molecule has 1 atom stereocenters. The molecule has 0 fully saturated rings. The van der Waals surface area contributed by atoms with E-state index in [1.165, 1.54) is 6.33 Å². The van der Waals surface area contributed by atoms with Crippen molar-refractivity contribution in [2.24, 2.45) is 0 Å². The van der Waals surface area contributed by atoms with Gasteiger partial charge in [-0.1, -0.05) is 18.8 Å². The Kier molecular flexibility index (Phi) is 8.69. The Labute approximate surface area is 221 Å². The number of anilines is 2. The van der Waals surface area contributed by atoms with Gasteiger partial charge in [0, 0.05) is 22.3 Å². The van der Waals surface area contributed by atoms with E-state index in [9.17, 15) is 9.90 Å². The van der Waals surface area contributed by atoms with E-state index < -0.39 is 0 Å². The number of ether oxygens (including phenoxy) is 1. The number of aryl methyl sites for hydroxylation is 2. The zero-order valence-electron chi connectivity index (χ0n) is 21.6. The number of aromatic nitrogens is 3. The molecule has 0 saturated carbocycles. The van der Waals surface area contributed by atoms with Crippen molar-refractivity contribution in [2.45, 2.75) is 33.2 Å². The normalized spacial score (nSPS) is 11.3. The molecular formula is C29H30N6O3. The molecule has 2 heterocycles. The molecule has 4 N–H and O–H groups in total. The highest BCUT2D eigenvalue weighted by Crippen LogP contribution is 2.29. The van der Waals surface area contributed by atoms with Crippen LogP contribution < -0.4 is 20.7 Å². The van der Waals surface area contributed by atoms with Crippen LogP contribution in [0.3, 0.4) is 0 Å². The summed E-state index contributed by atoms with van der Waals surface area (Å²) in [5.41, 5.74) is 4.30. The lowest BCUT2D eigenvalue weighted by atomic mass is 10.1. The van der Waals surface area contributed by atoms with Crippen molar-refractivity contribution in [3.63, 3.8) is 0 Å². The summed E-state index contributed by atoms with van der Waals surface area (Å²) in [6, 6.07) is 14.7. The molecule has 4 aromatic rings. The number of hydrogen-bond acceptors (Lipinski definition) is 7. The van der Waals surface area contributed by atoms with Gasteiger partial charge < -0.3 is 25.8 Å². The lowest BCUT2D eigenvalue weighted by Gasteiger charge is -2.13. The Morgan fingerprint density at radius 3 is 2.68 bits per heavy atom. The molecule has 9 nitrogen and oxygen atoms in total. The maximum atomic E-state index is 11.9. The number of aliphatic hydroxyl groups is 1. The summed E-state index contributed by atoms with van der Waals surface area (Å²) >= 11 is 0. The first-order chi connectivity index (χ1) is 18.4. The Bertz CT molecular complexity index is 1470. The first kappa shape index (κ1) is 26.4. The van der Waals surface area contributed by atoms with Crippen LogP contribution in [0.2, 0.25) is 0 Å².